The molecule has 0 aliphatic rings. The van der Waals surface area contributed by atoms with E-state index in [1.807, 2.05) is 20.8 Å². The molecule has 1 N–H and O–H groups in total. The summed E-state index contributed by atoms with van der Waals surface area (Å²) in [6.45, 7) is 18.9. The first-order valence-corrected chi connectivity index (χ1v) is 25.1. The molecule has 8 heteroatoms. The van der Waals surface area contributed by atoms with Crippen LogP contribution in [0.5, 0.6) is 0 Å². The predicted octanol–water partition coefficient (Wildman–Crippen LogP) is 14.4. The maximum absolute atomic E-state index is 12.7. The molecular formula is C50H98N2O6. The average molecular weight is 823 g/mol. The molecule has 0 aliphatic heterocycles. The van der Waals surface area contributed by atoms with Crippen LogP contribution in [0.15, 0.2) is 0 Å². The highest BCUT2D eigenvalue weighted by Crippen LogP contribution is 2.22. The molecule has 0 fully saturated rings. The number of carbonyl (C=O) groups is 3. The van der Waals surface area contributed by atoms with Crippen LogP contribution in [0.2, 0.25) is 0 Å². The van der Waals surface area contributed by atoms with Gasteiger partial charge in [-0.3, -0.25) is 9.59 Å². The number of hydrogen-bond donors (Lipinski definition) is 1. The maximum Gasteiger partial charge on any atom is 0.407 e. The van der Waals surface area contributed by atoms with Crippen molar-refractivity contribution in [3.8, 4) is 0 Å². The fourth-order valence-corrected chi connectivity index (χ4v) is 7.73. The van der Waals surface area contributed by atoms with Gasteiger partial charge in [0.25, 0.3) is 0 Å². The summed E-state index contributed by atoms with van der Waals surface area (Å²) in [4.78, 5) is 39.8. The van der Waals surface area contributed by atoms with Crippen LogP contribution in [0, 0.1) is 5.92 Å². The summed E-state index contributed by atoms with van der Waals surface area (Å²) in [7, 11) is 0. The molecule has 0 rings (SSSR count). The van der Waals surface area contributed by atoms with E-state index in [0.717, 1.165) is 116 Å². The molecule has 0 heterocycles. The van der Waals surface area contributed by atoms with Gasteiger partial charge in [-0.25, -0.2) is 4.79 Å². The van der Waals surface area contributed by atoms with Gasteiger partial charge in [0.1, 0.15) is 11.7 Å². The zero-order chi connectivity index (χ0) is 43.0. The second-order valence-corrected chi connectivity index (χ2v) is 18.3. The van der Waals surface area contributed by atoms with Gasteiger partial charge in [-0.1, -0.05) is 156 Å². The molecule has 0 spiro atoms. The van der Waals surface area contributed by atoms with Crippen molar-refractivity contribution < 1.29 is 28.6 Å². The van der Waals surface area contributed by atoms with Gasteiger partial charge in [-0.05, 0) is 111 Å². The molecule has 1 unspecified atom stereocenters. The predicted molar refractivity (Wildman–Crippen MR) is 245 cm³/mol. The normalized spacial score (nSPS) is 12.3. The van der Waals surface area contributed by atoms with Crippen molar-refractivity contribution in [2.75, 3.05) is 32.8 Å². The summed E-state index contributed by atoms with van der Waals surface area (Å²) < 4.78 is 17.0. The minimum atomic E-state index is -0.494. The van der Waals surface area contributed by atoms with Crippen LogP contribution in [0.4, 0.5) is 4.79 Å². The SMILES string of the molecule is CCCCCCCC(CCCCC)OC(=O)CCCCCCCN(CCCCCCCC(=O)OCCC(CCCCC)CCCCC)CCCNC(=O)OC(C)(C)C. The lowest BCUT2D eigenvalue weighted by molar-refractivity contribution is -0.150. The fraction of sp³-hybridized carbons (Fsp3) is 0.940. The first-order chi connectivity index (χ1) is 28.0. The number of nitrogens with zero attached hydrogens (tertiary/aromatic N) is 1. The van der Waals surface area contributed by atoms with Crippen LogP contribution < -0.4 is 5.32 Å². The Kier molecular flexibility index (Phi) is 39.3. The quantitative estimate of drug-likeness (QED) is 0.0372. The summed E-state index contributed by atoms with van der Waals surface area (Å²) >= 11 is 0. The fourth-order valence-electron chi connectivity index (χ4n) is 7.73. The Morgan fingerprint density at radius 1 is 0.500 bits per heavy atom. The molecular weight excluding hydrogens is 725 g/mol. The molecule has 0 saturated carbocycles. The minimum Gasteiger partial charge on any atom is -0.466 e. The second kappa shape index (κ2) is 40.6. The topological polar surface area (TPSA) is 94.2 Å². The van der Waals surface area contributed by atoms with Crippen LogP contribution in [-0.4, -0.2) is 67.4 Å². The number of ether oxygens (including phenoxy) is 3. The monoisotopic (exact) mass is 823 g/mol. The van der Waals surface area contributed by atoms with Crippen molar-refractivity contribution >= 4 is 18.0 Å². The minimum absolute atomic E-state index is 0.00385. The molecule has 8 nitrogen and oxygen atoms in total. The standard InChI is InChI=1S/C50H98N2O6/c1-8-12-16-19-27-36-46(35-26-15-11-4)57-48(54)38-29-21-18-23-31-42-52(43-32-40-51-49(55)58-50(5,6)7)41-30-22-17-20-28-37-47(53)56-44-39-45(33-24-13-9-2)34-25-14-10-3/h45-46H,8-44H2,1-7H3,(H,51,55). The lowest BCUT2D eigenvalue weighted by Crippen LogP contribution is -2.35. The number of unbranched alkanes of at least 4 members (excludes halogenated alkanes) is 18. The first kappa shape index (κ1) is 56.2. The summed E-state index contributed by atoms with van der Waals surface area (Å²) in [5, 5.41) is 2.91. The molecule has 1 amide bonds. The molecule has 0 aliphatic carbocycles. The highest BCUT2D eigenvalue weighted by Gasteiger charge is 2.17. The Labute approximate surface area is 360 Å². The molecule has 0 aromatic rings. The summed E-state index contributed by atoms with van der Waals surface area (Å²) in [5.41, 5.74) is -0.494. The van der Waals surface area contributed by atoms with Crippen LogP contribution in [-0.2, 0) is 23.8 Å². The number of esters is 2. The van der Waals surface area contributed by atoms with Gasteiger partial charge in [0.2, 0.25) is 0 Å². The van der Waals surface area contributed by atoms with E-state index in [0.29, 0.717) is 31.9 Å². The number of nitrogens with one attached hydrogen (secondary N) is 1. The van der Waals surface area contributed by atoms with Gasteiger partial charge < -0.3 is 24.4 Å². The van der Waals surface area contributed by atoms with Gasteiger partial charge in [0.15, 0.2) is 0 Å². The molecule has 0 aromatic carbocycles. The van der Waals surface area contributed by atoms with Crippen LogP contribution in [0.25, 0.3) is 0 Å². The maximum atomic E-state index is 12.7. The van der Waals surface area contributed by atoms with Crippen molar-refractivity contribution in [1.29, 1.82) is 0 Å². The van der Waals surface area contributed by atoms with E-state index in [1.165, 1.54) is 96.3 Å². The van der Waals surface area contributed by atoms with Gasteiger partial charge in [-0.2, -0.15) is 0 Å². The molecule has 0 aromatic heterocycles. The lowest BCUT2D eigenvalue weighted by Gasteiger charge is -2.23. The number of amides is 1. The van der Waals surface area contributed by atoms with Gasteiger partial charge in [0, 0.05) is 19.4 Å². The van der Waals surface area contributed by atoms with Crippen LogP contribution >= 0.6 is 0 Å². The Bertz CT molecular complexity index is 928. The number of rotatable bonds is 42. The zero-order valence-electron chi connectivity index (χ0n) is 39.7. The summed E-state index contributed by atoms with van der Waals surface area (Å²) in [5.74, 6) is 0.666. The number of alkyl carbamates (subject to hydrolysis) is 1. The average Bonchev–Trinajstić information content (AvgIpc) is 3.17. The van der Waals surface area contributed by atoms with Gasteiger partial charge in [-0.15, -0.1) is 0 Å². The van der Waals surface area contributed by atoms with Gasteiger partial charge >= 0.3 is 18.0 Å². The van der Waals surface area contributed by atoms with E-state index in [1.54, 1.807) is 0 Å². The lowest BCUT2D eigenvalue weighted by atomic mass is 9.92. The van der Waals surface area contributed by atoms with E-state index in [9.17, 15) is 14.4 Å². The highest BCUT2D eigenvalue weighted by molar-refractivity contribution is 5.69. The van der Waals surface area contributed by atoms with Gasteiger partial charge in [0.05, 0.1) is 6.61 Å². The van der Waals surface area contributed by atoms with Crippen LogP contribution in [0.1, 0.15) is 254 Å². The molecule has 0 radical (unpaired) electrons. The molecule has 1 atom stereocenters. The second-order valence-electron chi connectivity index (χ2n) is 18.3. The van der Waals surface area contributed by atoms with Crippen LogP contribution in [0.3, 0.4) is 0 Å². The van der Waals surface area contributed by atoms with E-state index in [2.05, 4.69) is 37.9 Å². The largest absolute Gasteiger partial charge is 0.466 e. The molecule has 0 saturated heterocycles. The van der Waals surface area contributed by atoms with E-state index in [-0.39, 0.29) is 24.1 Å². The zero-order valence-corrected chi connectivity index (χ0v) is 39.7. The molecule has 0 bridgehead atoms. The number of carbonyl (C=O) groups excluding carboxylic acids is 3. The molecule has 58 heavy (non-hydrogen) atoms. The van der Waals surface area contributed by atoms with E-state index in [4.69, 9.17) is 14.2 Å². The van der Waals surface area contributed by atoms with Crippen molar-refractivity contribution in [3.05, 3.63) is 0 Å². The van der Waals surface area contributed by atoms with Crippen molar-refractivity contribution in [3.63, 3.8) is 0 Å². The van der Waals surface area contributed by atoms with Crippen molar-refractivity contribution in [2.45, 2.75) is 266 Å². The Morgan fingerprint density at radius 2 is 0.931 bits per heavy atom. The highest BCUT2D eigenvalue weighted by atomic mass is 16.6. The third-order valence-corrected chi connectivity index (χ3v) is 11.3. The Balaban J connectivity index is 4.50. The Morgan fingerprint density at radius 3 is 1.48 bits per heavy atom. The summed E-state index contributed by atoms with van der Waals surface area (Å²) in [6, 6.07) is 0. The summed E-state index contributed by atoms with van der Waals surface area (Å²) in [6.07, 6.45) is 35.6. The smallest absolute Gasteiger partial charge is 0.407 e. The van der Waals surface area contributed by atoms with Crippen molar-refractivity contribution in [1.82, 2.24) is 10.2 Å². The number of hydrogen-bond acceptors (Lipinski definition) is 7. The van der Waals surface area contributed by atoms with E-state index >= 15 is 0 Å². The molecule has 344 valence electrons. The van der Waals surface area contributed by atoms with Crippen molar-refractivity contribution in [2.24, 2.45) is 5.92 Å². The van der Waals surface area contributed by atoms with E-state index < -0.39 is 5.60 Å². The third-order valence-electron chi connectivity index (χ3n) is 11.3. The first-order valence-electron chi connectivity index (χ1n) is 25.1. The Hall–Kier alpha value is -1.83. The third kappa shape index (κ3) is 39.6.